The molecule has 54 valence electrons. The molecule has 1 N–H and O–H groups in total. The van der Waals surface area contributed by atoms with Crippen molar-refractivity contribution in [3.05, 3.63) is 0 Å². The summed E-state index contributed by atoms with van der Waals surface area (Å²) in [7, 11) is 3.76. The van der Waals surface area contributed by atoms with Gasteiger partial charge in [-0.15, -0.1) is 0 Å². The summed E-state index contributed by atoms with van der Waals surface area (Å²) in [5.41, 5.74) is 0. The normalized spacial score (nSPS) is 8.78. The molecule has 0 radical (unpaired) electrons. The third kappa shape index (κ3) is 3.59. The molecule has 0 bridgehead atoms. The van der Waals surface area contributed by atoms with Crippen LogP contribution >= 0.6 is 24.8 Å². The van der Waals surface area contributed by atoms with Gasteiger partial charge in [-0.05, 0) is 12.2 Å². The molecule has 0 saturated heterocycles. The molecular weight excluding hydrogens is 152 g/mol. The van der Waals surface area contributed by atoms with Crippen LogP contribution in [0.3, 0.4) is 0 Å². The van der Waals surface area contributed by atoms with Crippen molar-refractivity contribution in [1.29, 1.82) is 0 Å². The lowest BCUT2D eigenvalue weighted by Gasteiger charge is -2.17. The molecule has 4 heteroatoms. The fourth-order valence-electron chi connectivity index (χ4n) is 0.442. The summed E-state index contributed by atoms with van der Waals surface area (Å²) in [5, 5.41) is 3.64. The van der Waals surface area contributed by atoms with Gasteiger partial charge in [0.1, 0.15) is 0 Å². The quantitative estimate of drug-likeness (QED) is 0.453. The van der Waals surface area contributed by atoms with E-state index in [9.17, 15) is 0 Å². The molecule has 0 unspecified atom stereocenters. The van der Waals surface area contributed by atoms with Crippen molar-refractivity contribution in [2.24, 2.45) is 0 Å². The molecule has 0 aromatic carbocycles. The second kappa shape index (κ2) is 4.88. The Kier molecular flexibility index (Phi) is 4.90. The molecule has 0 heterocycles. The summed E-state index contributed by atoms with van der Waals surface area (Å²) >= 11 is 8.99. The number of hydrogen-bond donors (Lipinski definition) is 2. The van der Waals surface area contributed by atoms with Crippen LogP contribution in [-0.4, -0.2) is 36.4 Å². The second-order valence-corrected chi connectivity index (χ2v) is 2.53. The number of thiol groups is 1. The minimum Gasteiger partial charge on any atom is -0.366 e. The highest BCUT2D eigenvalue weighted by atomic mass is 32.1. The molecule has 0 aliphatic heterocycles. The zero-order valence-corrected chi connectivity index (χ0v) is 7.43. The minimum atomic E-state index is 0.768. The fourth-order valence-corrected chi connectivity index (χ4v) is 0.834. The summed E-state index contributed by atoms with van der Waals surface area (Å²) in [6.45, 7) is 0.892. The Hall–Kier alpha value is 0.0400. The van der Waals surface area contributed by atoms with Crippen LogP contribution in [0, 0.1) is 0 Å². The van der Waals surface area contributed by atoms with Gasteiger partial charge in [-0.3, -0.25) is 0 Å². The molecule has 2 nitrogen and oxygen atoms in total. The smallest absolute Gasteiger partial charge is 0.168 e. The minimum absolute atomic E-state index is 0.768. The average Bonchev–Trinajstić information content (AvgIpc) is 1.87. The van der Waals surface area contributed by atoms with Crippen molar-refractivity contribution < 1.29 is 0 Å². The number of rotatable bonds is 2. The number of hydrogen-bond acceptors (Lipinski definition) is 2. The predicted molar refractivity (Wildman–Crippen MR) is 48.1 cm³/mol. The summed E-state index contributed by atoms with van der Waals surface area (Å²) in [6, 6.07) is 0. The zero-order valence-electron chi connectivity index (χ0n) is 5.72. The molecular formula is C5H12N2S2. The monoisotopic (exact) mass is 164 g/mol. The Morgan fingerprint density at radius 3 is 2.67 bits per heavy atom. The van der Waals surface area contributed by atoms with Crippen LogP contribution in [0.15, 0.2) is 0 Å². The van der Waals surface area contributed by atoms with E-state index in [1.165, 1.54) is 0 Å². The van der Waals surface area contributed by atoms with E-state index in [0.29, 0.717) is 0 Å². The Labute approximate surface area is 67.0 Å². The van der Waals surface area contributed by atoms with Crippen LogP contribution in [0.4, 0.5) is 0 Å². The van der Waals surface area contributed by atoms with Crippen LogP contribution < -0.4 is 5.32 Å². The van der Waals surface area contributed by atoms with Gasteiger partial charge in [-0.25, -0.2) is 0 Å². The first-order valence-corrected chi connectivity index (χ1v) is 3.80. The lowest BCUT2D eigenvalue weighted by molar-refractivity contribution is 0.534. The summed E-state index contributed by atoms with van der Waals surface area (Å²) < 4.78 is 0. The van der Waals surface area contributed by atoms with E-state index in [2.05, 4.69) is 17.9 Å². The highest BCUT2D eigenvalue weighted by molar-refractivity contribution is 7.80. The summed E-state index contributed by atoms with van der Waals surface area (Å²) in [5.74, 6) is 0.832. The van der Waals surface area contributed by atoms with Gasteiger partial charge < -0.3 is 10.2 Å². The molecule has 0 saturated carbocycles. The van der Waals surface area contributed by atoms with Gasteiger partial charge in [0.25, 0.3) is 0 Å². The SMILES string of the molecule is CNC(=S)N(C)CCS. The molecule has 0 amide bonds. The highest BCUT2D eigenvalue weighted by Crippen LogP contribution is 1.84. The Balaban J connectivity index is 3.45. The van der Waals surface area contributed by atoms with E-state index in [4.69, 9.17) is 12.2 Å². The van der Waals surface area contributed by atoms with Gasteiger partial charge in [-0.1, -0.05) is 0 Å². The number of thiocarbonyl (C=S) groups is 1. The molecule has 0 aliphatic carbocycles. The molecule has 0 spiro atoms. The first kappa shape index (κ1) is 9.04. The topological polar surface area (TPSA) is 15.3 Å². The third-order valence-corrected chi connectivity index (χ3v) is 1.71. The molecule has 9 heavy (non-hydrogen) atoms. The van der Waals surface area contributed by atoms with Gasteiger partial charge in [-0.2, -0.15) is 12.6 Å². The summed E-state index contributed by atoms with van der Waals surface area (Å²) in [6.07, 6.45) is 0. The van der Waals surface area contributed by atoms with Crippen molar-refractivity contribution in [1.82, 2.24) is 10.2 Å². The second-order valence-electron chi connectivity index (χ2n) is 1.70. The molecule has 0 aromatic heterocycles. The molecule has 0 aromatic rings. The van der Waals surface area contributed by atoms with E-state index >= 15 is 0 Å². The van der Waals surface area contributed by atoms with E-state index in [1.807, 2.05) is 19.0 Å². The van der Waals surface area contributed by atoms with Crippen LogP contribution in [-0.2, 0) is 0 Å². The Morgan fingerprint density at radius 1 is 1.78 bits per heavy atom. The van der Waals surface area contributed by atoms with Gasteiger partial charge in [0.2, 0.25) is 0 Å². The maximum absolute atomic E-state index is 4.92. The average molecular weight is 164 g/mol. The third-order valence-electron chi connectivity index (χ3n) is 0.996. The standard InChI is InChI=1S/C5H12N2S2/c1-6-5(9)7(2)3-4-8/h8H,3-4H2,1-2H3,(H,6,9). The maximum atomic E-state index is 4.92. The van der Waals surface area contributed by atoms with Crippen molar-refractivity contribution in [3.63, 3.8) is 0 Å². The van der Waals surface area contributed by atoms with Crippen molar-refractivity contribution >= 4 is 30.0 Å². The van der Waals surface area contributed by atoms with Crippen LogP contribution in [0.1, 0.15) is 0 Å². The number of nitrogens with one attached hydrogen (secondary N) is 1. The first-order chi connectivity index (χ1) is 4.22. The van der Waals surface area contributed by atoms with Crippen LogP contribution in [0.5, 0.6) is 0 Å². The lowest BCUT2D eigenvalue weighted by atomic mass is 10.6. The van der Waals surface area contributed by atoms with Gasteiger partial charge in [0.05, 0.1) is 0 Å². The predicted octanol–water partition coefficient (Wildman–Crippen LogP) is 0.352. The molecule has 0 rings (SSSR count). The Morgan fingerprint density at radius 2 is 2.33 bits per heavy atom. The number of nitrogens with zero attached hydrogens (tertiary/aromatic N) is 1. The lowest BCUT2D eigenvalue weighted by Crippen LogP contribution is -2.35. The maximum Gasteiger partial charge on any atom is 0.168 e. The van der Waals surface area contributed by atoms with E-state index in [1.54, 1.807) is 0 Å². The van der Waals surface area contributed by atoms with E-state index in [-0.39, 0.29) is 0 Å². The van der Waals surface area contributed by atoms with Gasteiger partial charge in [0.15, 0.2) is 5.11 Å². The molecule has 0 atom stereocenters. The zero-order chi connectivity index (χ0) is 7.28. The fraction of sp³-hybridized carbons (Fsp3) is 0.800. The van der Waals surface area contributed by atoms with Crippen molar-refractivity contribution in [2.45, 2.75) is 0 Å². The summed E-state index contributed by atoms with van der Waals surface area (Å²) in [4.78, 5) is 1.95. The largest absolute Gasteiger partial charge is 0.366 e. The van der Waals surface area contributed by atoms with Crippen molar-refractivity contribution in [2.75, 3.05) is 26.4 Å². The molecule has 0 fully saturated rings. The Bertz CT molecular complexity index is 95.0. The first-order valence-electron chi connectivity index (χ1n) is 2.76. The van der Waals surface area contributed by atoms with E-state index in [0.717, 1.165) is 17.4 Å². The molecule has 0 aliphatic rings. The van der Waals surface area contributed by atoms with Crippen molar-refractivity contribution in [3.8, 4) is 0 Å². The van der Waals surface area contributed by atoms with Crippen LogP contribution in [0.2, 0.25) is 0 Å². The van der Waals surface area contributed by atoms with E-state index < -0.39 is 0 Å². The van der Waals surface area contributed by atoms with Gasteiger partial charge >= 0.3 is 0 Å². The van der Waals surface area contributed by atoms with Crippen LogP contribution in [0.25, 0.3) is 0 Å². The van der Waals surface area contributed by atoms with Gasteiger partial charge in [0, 0.05) is 26.4 Å². The highest BCUT2D eigenvalue weighted by Gasteiger charge is 1.97.